The van der Waals surface area contributed by atoms with Crippen LogP contribution < -0.4 is 5.32 Å². The van der Waals surface area contributed by atoms with Gasteiger partial charge < -0.3 is 5.32 Å². The maximum absolute atomic E-state index is 12.4. The molecule has 0 radical (unpaired) electrons. The number of hydrogen-bond acceptors (Lipinski definition) is 2. The lowest BCUT2D eigenvalue weighted by molar-refractivity contribution is -0.115. The highest BCUT2D eigenvalue weighted by atomic mass is 79.9. The monoisotopic (exact) mass is 334 g/mol. The van der Waals surface area contributed by atoms with Crippen LogP contribution in [0.1, 0.15) is 25.8 Å². The van der Waals surface area contributed by atoms with E-state index >= 15 is 0 Å². The minimum atomic E-state index is -4.42. The topological polar surface area (TPSA) is 24.9 Å². The number of nitrogens with one attached hydrogen (secondary N) is 1. The molecule has 1 heterocycles. The van der Waals surface area contributed by atoms with Crippen LogP contribution in [0.3, 0.4) is 0 Å². The molecule has 18 heavy (non-hydrogen) atoms. The highest BCUT2D eigenvalue weighted by molar-refractivity contribution is 9.10. The van der Waals surface area contributed by atoms with Crippen molar-refractivity contribution in [1.82, 2.24) is 4.98 Å². The molecule has 0 aliphatic carbocycles. The quantitative estimate of drug-likeness (QED) is 0.804. The molecule has 0 atom stereocenters. The molecule has 0 fully saturated rings. The number of anilines is 1. The average molecular weight is 335 g/mol. The average Bonchev–Trinajstić information content (AvgIpc) is 2.29. The largest absolute Gasteiger partial charge is 0.405 e. The van der Waals surface area contributed by atoms with E-state index in [4.69, 9.17) is 0 Å². The summed E-state index contributed by atoms with van der Waals surface area (Å²) in [5.74, 6) is -0.240. The molecule has 0 saturated carbocycles. The number of nitrogens with zero attached hydrogens (tertiary/aromatic N) is 1. The molecule has 0 unspecified atom stereocenters. The first-order chi connectivity index (χ1) is 8.29. The second-order valence-corrected chi connectivity index (χ2v) is 3.71. The molecule has 1 aromatic rings. The Morgan fingerprint density at radius 1 is 1.33 bits per heavy atom. The maximum atomic E-state index is 12.4. The fraction of sp³-hybridized carbons (Fsp3) is 0.500. The van der Waals surface area contributed by atoms with Crippen molar-refractivity contribution in [2.45, 2.75) is 26.4 Å². The van der Waals surface area contributed by atoms with E-state index in [1.807, 2.05) is 19.2 Å². The summed E-state index contributed by atoms with van der Waals surface area (Å²) in [7, 11) is 0. The van der Waals surface area contributed by atoms with Gasteiger partial charge in [0.1, 0.15) is 12.4 Å². The lowest BCUT2D eigenvalue weighted by Crippen LogP contribution is -2.21. The van der Waals surface area contributed by atoms with Crippen LogP contribution in [-0.2, 0) is 0 Å². The van der Waals surface area contributed by atoms with E-state index in [0.717, 1.165) is 12.3 Å². The Morgan fingerprint density at radius 3 is 2.33 bits per heavy atom. The minimum absolute atomic E-state index is 0.0556. The zero-order valence-electron chi connectivity index (χ0n) is 9.65. The molecule has 0 spiro atoms. The Hall–Kier alpha value is -0.920. The third kappa shape index (κ3) is 6.13. The van der Waals surface area contributed by atoms with Gasteiger partial charge in [-0.2, -0.15) is 13.2 Å². The van der Waals surface area contributed by atoms with Crippen LogP contribution in [0, 0.1) is 0 Å². The van der Waals surface area contributed by atoms with Crippen molar-refractivity contribution in [1.29, 1.82) is 0 Å². The molecule has 0 bridgehead atoms. The molecular formula is C10H12BrF5N2. The van der Waals surface area contributed by atoms with Gasteiger partial charge in [0.2, 0.25) is 0 Å². The molecule has 0 aromatic carbocycles. The van der Waals surface area contributed by atoms with Gasteiger partial charge in [0, 0.05) is 16.2 Å². The number of rotatable bonds is 3. The summed E-state index contributed by atoms with van der Waals surface area (Å²) in [5, 5.41) is 1.92. The van der Waals surface area contributed by atoms with Crippen molar-refractivity contribution in [2.75, 3.05) is 11.9 Å². The highest BCUT2D eigenvalue weighted by Gasteiger charge is 2.27. The van der Waals surface area contributed by atoms with Crippen LogP contribution in [0.5, 0.6) is 0 Å². The predicted molar refractivity (Wildman–Crippen MR) is 62.8 cm³/mol. The van der Waals surface area contributed by atoms with Crippen LogP contribution in [0.25, 0.3) is 0 Å². The highest BCUT2D eigenvalue weighted by Crippen LogP contribution is 2.28. The lowest BCUT2D eigenvalue weighted by atomic mass is 10.3. The minimum Gasteiger partial charge on any atom is -0.361 e. The summed E-state index contributed by atoms with van der Waals surface area (Å²) in [6.07, 6.45) is -6.16. The first-order valence-electron chi connectivity index (χ1n) is 5.04. The predicted octanol–water partition coefficient (Wildman–Crippen LogP) is 4.78. The van der Waals surface area contributed by atoms with E-state index in [2.05, 4.69) is 20.9 Å². The van der Waals surface area contributed by atoms with Crippen LogP contribution in [0.2, 0.25) is 0 Å². The zero-order valence-corrected chi connectivity index (χ0v) is 11.2. The first-order valence-corrected chi connectivity index (χ1v) is 5.83. The van der Waals surface area contributed by atoms with Gasteiger partial charge in [0.05, 0.1) is 0 Å². The smallest absolute Gasteiger partial charge is 0.361 e. The van der Waals surface area contributed by atoms with Crippen molar-refractivity contribution < 1.29 is 22.0 Å². The molecule has 0 aliphatic heterocycles. The van der Waals surface area contributed by atoms with E-state index in [-0.39, 0.29) is 10.3 Å². The van der Waals surface area contributed by atoms with Gasteiger partial charge in [-0.1, -0.05) is 13.8 Å². The summed E-state index contributed by atoms with van der Waals surface area (Å²) in [5.41, 5.74) is -0.403. The van der Waals surface area contributed by atoms with Gasteiger partial charge in [-0.15, -0.1) is 0 Å². The van der Waals surface area contributed by atoms with Crippen molar-refractivity contribution in [3.05, 3.63) is 22.3 Å². The SMILES string of the molecule is CC.FC(F)c1cc(NCC(F)(F)F)ncc1Br. The second kappa shape index (κ2) is 7.50. The van der Waals surface area contributed by atoms with Crippen molar-refractivity contribution in [3.63, 3.8) is 0 Å². The van der Waals surface area contributed by atoms with Gasteiger partial charge in [-0.3, -0.25) is 0 Å². The van der Waals surface area contributed by atoms with Crippen molar-refractivity contribution in [2.24, 2.45) is 0 Å². The third-order valence-corrected chi connectivity index (χ3v) is 2.25. The molecular weight excluding hydrogens is 323 g/mol. The summed E-state index contributed by atoms with van der Waals surface area (Å²) in [6, 6.07) is 0.875. The van der Waals surface area contributed by atoms with Crippen molar-refractivity contribution in [3.8, 4) is 0 Å². The summed E-state index contributed by atoms with van der Waals surface area (Å²) < 4.78 is 60.3. The molecule has 2 nitrogen and oxygen atoms in total. The van der Waals surface area contributed by atoms with Gasteiger partial charge in [-0.25, -0.2) is 13.8 Å². The Bertz CT molecular complexity index is 368. The molecule has 1 aromatic heterocycles. The molecule has 104 valence electrons. The Morgan fingerprint density at radius 2 is 1.89 bits per heavy atom. The van der Waals surface area contributed by atoms with Gasteiger partial charge in [-0.05, 0) is 22.0 Å². The number of pyridine rings is 1. The van der Waals surface area contributed by atoms with E-state index in [9.17, 15) is 22.0 Å². The summed E-state index contributed by atoms with van der Waals surface area (Å²) in [6.45, 7) is 2.68. The van der Waals surface area contributed by atoms with E-state index in [1.54, 1.807) is 0 Å². The van der Waals surface area contributed by atoms with Gasteiger partial charge in [0.15, 0.2) is 0 Å². The second-order valence-electron chi connectivity index (χ2n) is 2.86. The fourth-order valence-corrected chi connectivity index (χ4v) is 1.30. The maximum Gasteiger partial charge on any atom is 0.405 e. The number of halogens is 6. The third-order valence-electron chi connectivity index (χ3n) is 1.59. The van der Waals surface area contributed by atoms with E-state index < -0.39 is 24.7 Å². The molecule has 1 rings (SSSR count). The summed E-state index contributed by atoms with van der Waals surface area (Å²) >= 11 is 2.83. The zero-order chi connectivity index (χ0) is 14.3. The first kappa shape index (κ1) is 17.1. The van der Waals surface area contributed by atoms with Crippen LogP contribution in [-0.4, -0.2) is 17.7 Å². The molecule has 0 aliphatic rings. The number of aromatic nitrogens is 1. The Balaban J connectivity index is 0.00000137. The molecule has 8 heteroatoms. The number of hydrogen-bond donors (Lipinski definition) is 1. The van der Waals surface area contributed by atoms with Gasteiger partial charge in [0.25, 0.3) is 6.43 Å². The molecule has 1 N–H and O–H groups in total. The van der Waals surface area contributed by atoms with Gasteiger partial charge >= 0.3 is 6.18 Å². The molecule has 0 saturated heterocycles. The molecule has 0 amide bonds. The van der Waals surface area contributed by atoms with Crippen molar-refractivity contribution >= 4 is 21.7 Å². The van der Waals surface area contributed by atoms with E-state index in [0.29, 0.717) is 0 Å². The lowest BCUT2D eigenvalue weighted by Gasteiger charge is -2.10. The fourth-order valence-electron chi connectivity index (χ4n) is 0.909. The normalized spacial score (nSPS) is 10.9. The number of alkyl halides is 5. The van der Waals surface area contributed by atoms with E-state index in [1.165, 1.54) is 0 Å². The van der Waals surface area contributed by atoms with Crippen LogP contribution in [0.15, 0.2) is 16.7 Å². The van der Waals surface area contributed by atoms with Crippen LogP contribution >= 0.6 is 15.9 Å². The standard InChI is InChI=1S/C8H6BrF5N2.C2H6/c9-5-2-15-6(1-4(5)7(10)11)16-3-8(12,13)14;1-2/h1-2,7H,3H2,(H,15,16);1-2H3. The van der Waals surface area contributed by atoms with Crippen LogP contribution in [0.4, 0.5) is 27.8 Å². The Kier molecular flexibility index (Phi) is 7.12. The summed E-state index contributed by atoms with van der Waals surface area (Å²) in [4.78, 5) is 3.53. The Labute approximate surface area is 110 Å².